The highest BCUT2D eigenvalue weighted by Gasteiger charge is 2.22. The summed E-state index contributed by atoms with van der Waals surface area (Å²) < 4.78 is 5.75. The third kappa shape index (κ3) is 4.23. The highest BCUT2D eigenvalue weighted by atomic mass is 35.5. The van der Waals surface area contributed by atoms with Gasteiger partial charge in [0.1, 0.15) is 5.75 Å². The number of hydrogen-bond acceptors (Lipinski definition) is 2. The molecule has 0 aromatic heterocycles. The molecule has 19 heavy (non-hydrogen) atoms. The molecule has 0 bridgehead atoms. The summed E-state index contributed by atoms with van der Waals surface area (Å²) in [7, 11) is 0. The second kappa shape index (κ2) is 7.32. The minimum absolute atomic E-state index is 0.0495. The Morgan fingerprint density at radius 2 is 2.00 bits per heavy atom. The van der Waals surface area contributed by atoms with Crippen LogP contribution in [0.15, 0.2) is 12.1 Å². The average Bonchev–Trinajstić information content (AvgIpc) is 2.35. The van der Waals surface area contributed by atoms with Gasteiger partial charge in [0.05, 0.1) is 16.6 Å². The number of benzene rings is 1. The zero-order chi connectivity index (χ0) is 14.6. The molecule has 0 amide bonds. The molecule has 1 rings (SSSR count). The third-order valence-corrected chi connectivity index (χ3v) is 4.05. The fourth-order valence-corrected chi connectivity index (χ4v) is 2.56. The standard InChI is InChI=1S/C14H19Cl2NOS/c1-4-5-18-13-11(6-10(15)7-12(13)16)8(2)9(3)14(17)19/h6-9H,4-5H2,1-3H3,(H2,17,19). The summed E-state index contributed by atoms with van der Waals surface area (Å²) in [4.78, 5) is 0.477. The fourth-order valence-electron chi connectivity index (χ4n) is 1.79. The van der Waals surface area contributed by atoms with Crippen LogP contribution >= 0.6 is 35.4 Å². The van der Waals surface area contributed by atoms with Crippen LogP contribution in [-0.2, 0) is 0 Å². The zero-order valence-electron chi connectivity index (χ0n) is 11.4. The maximum absolute atomic E-state index is 6.23. The second-order valence-electron chi connectivity index (χ2n) is 4.63. The smallest absolute Gasteiger partial charge is 0.141 e. The van der Waals surface area contributed by atoms with Gasteiger partial charge < -0.3 is 10.5 Å². The molecule has 0 aliphatic rings. The summed E-state index contributed by atoms with van der Waals surface area (Å²) in [6.07, 6.45) is 0.914. The van der Waals surface area contributed by atoms with Gasteiger partial charge in [-0.1, -0.05) is 56.2 Å². The molecule has 1 aromatic carbocycles. The molecule has 0 aliphatic heterocycles. The van der Waals surface area contributed by atoms with Gasteiger partial charge in [-0.25, -0.2) is 0 Å². The topological polar surface area (TPSA) is 35.2 Å². The van der Waals surface area contributed by atoms with Gasteiger partial charge in [0, 0.05) is 16.5 Å². The molecule has 0 fully saturated rings. The minimum Gasteiger partial charge on any atom is -0.492 e. The van der Waals surface area contributed by atoms with E-state index in [9.17, 15) is 0 Å². The third-order valence-electron chi connectivity index (χ3n) is 3.18. The molecular formula is C14H19Cl2NOS. The van der Waals surface area contributed by atoms with E-state index in [0.29, 0.717) is 27.4 Å². The number of hydrogen-bond donors (Lipinski definition) is 1. The van der Waals surface area contributed by atoms with Gasteiger partial charge in [-0.2, -0.15) is 0 Å². The molecule has 1 aromatic rings. The quantitative estimate of drug-likeness (QED) is 0.764. The van der Waals surface area contributed by atoms with Gasteiger partial charge in [-0.3, -0.25) is 0 Å². The first-order valence-electron chi connectivity index (χ1n) is 6.29. The van der Waals surface area contributed by atoms with Crippen molar-refractivity contribution in [3.63, 3.8) is 0 Å². The van der Waals surface area contributed by atoms with Crippen LogP contribution in [0.1, 0.15) is 38.7 Å². The van der Waals surface area contributed by atoms with E-state index in [1.54, 1.807) is 6.07 Å². The van der Waals surface area contributed by atoms with Crippen molar-refractivity contribution in [2.75, 3.05) is 6.61 Å². The fraction of sp³-hybridized carbons (Fsp3) is 0.500. The lowest BCUT2D eigenvalue weighted by molar-refractivity contribution is 0.311. The Hall–Kier alpha value is -0.510. The molecule has 2 atom stereocenters. The molecule has 106 valence electrons. The van der Waals surface area contributed by atoms with Crippen LogP contribution in [-0.4, -0.2) is 11.6 Å². The summed E-state index contributed by atoms with van der Waals surface area (Å²) in [5.74, 6) is 0.831. The molecule has 5 heteroatoms. The Morgan fingerprint density at radius 1 is 1.37 bits per heavy atom. The van der Waals surface area contributed by atoms with Gasteiger partial charge >= 0.3 is 0 Å². The predicted octanol–water partition coefficient (Wildman–Crippen LogP) is 4.81. The van der Waals surface area contributed by atoms with Crippen molar-refractivity contribution < 1.29 is 4.74 Å². The lowest BCUT2D eigenvalue weighted by atomic mass is 9.88. The minimum atomic E-state index is 0.0495. The highest BCUT2D eigenvalue weighted by Crippen LogP contribution is 2.39. The average molecular weight is 320 g/mol. The summed E-state index contributed by atoms with van der Waals surface area (Å²) in [6, 6.07) is 3.56. The molecule has 0 saturated heterocycles. The molecule has 0 saturated carbocycles. The Labute approximate surface area is 130 Å². The van der Waals surface area contributed by atoms with E-state index >= 15 is 0 Å². The van der Waals surface area contributed by atoms with E-state index in [-0.39, 0.29) is 11.8 Å². The normalized spacial score (nSPS) is 13.9. The Morgan fingerprint density at radius 3 is 2.53 bits per heavy atom. The first-order valence-corrected chi connectivity index (χ1v) is 7.45. The second-order valence-corrected chi connectivity index (χ2v) is 5.95. The van der Waals surface area contributed by atoms with Crippen LogP contribution in [0.5, 0.6) is 5.75 Å². The summed E-state index contributed by atoms with van der Waals surface area (Å²) in [5, 5.41) is 1.11. The van der Waals surface area contributed by atoms with Gasteiger partial charge in [-0.05, 0) is 24.5 Å². The first kappa shape index (κ1) is 16.5. The van der Waals surface area contributed by atoms with Crippen LogP contribution in [0, 0.1) is 5.92 Å². The number of ether oxygens (including phenoxy) is 1. The molecule has 2 nitrogen and oxygen atoms in total. The molecule has 2 unspecified atom stereocenters. The number of thiocarbonyl (C=S) groups is 1. The molecule has 0 radical (unpaired) electrons. The van der Waals surface area contributed by atoms with Crippen molar-refractivity contribution in [2.45, 2.75) is 33.1 Å². The van der Waals surface area contributed by atoms with Crippen molar-refractivity contribution in [3.05, 3.63) is 27.7 Å². The highest BCUT2D eigenvalue weighted by molar-refractivity contribution is 7.80. The van der Waals surface area contributed by atoms with Crippen molar-refractivity contribution in [1.82, 2.24) is 0 Å². The van der Waals surface area contributed by atoms with E-state index in [0.717, 1.165) is 12.0 Å². The van der Waals surface area contributed by atoms with Crippen molar-refractivity contribution >= 4 is 40.4 Å². The van der Waals surface area contributed by atoms with Crippen molar-refractivity contribution in [1.29, 1.82) is 0 Å². The number of nitrogens with two attached hydrogens (primary N) is 1. The first-order chi connectivity index (χ1) is 8.88. The molecule has 2 N–H and O–H groups in total. The van der Waals surface area contributed by atoms with E-state index in [1.807, 2.05) is 26.8 Å². The molecule has 0 spiro atoms. The Bertz CT molecular complexity index is 465. The SMILES string of the molecule is CCCOc1c(Cl)cc(Cl)cc1C(C)C(C)C(N)=S. The number of rotatable bonds is 6. The Balaban J connectivity index is 3.19. The van der Waals surface area contributed by atoms with E-state index in [2.05, 4.69) is 0 Å². The van der Waals surface area contributed by atoms with Gasteiger partial charge in [0.25, 0.3) is 0 Å². The van der Waals surface area contributed by atoms with Crippen molar-refractivity contribution in [2.24, 2.45) is 11.7 Å². The number of halogens is 2. The van der Waals surface area contributed by atoms with Gasteiger partial charge in [-0.15, -0.1) is 0 Å². The maximum Gasteiger partial charge on any atom is 0.141 e. The maximum atomic E-state index is 6.23. The van der Waals surface area contributed by atoms with Crippen LogP contribution in [0.4, 0.5) is 0 Å². The van der Waals surface area contributed by atoms with E-state index in [1.165, 1.54) is 0 Å². The van der Waals surface area contributed by atoms with Crippen LogP contribution in [0.2, 0.25) is 10.0 Å². The van der Waals surface area contributed by atoms with Crippen molar-refractivity contribution in [3.8, 4) is 5.75 Å². The van der Waals surface area contributed by atoms with Gasteiger partial charge in [0.15, 0.2) is 0 Å². The predicted molar refractivity (Wildman–Crippen MR) is 86.6 cm³/mol. The molecule has 0 aliphatic carbocycles. The van der Waals surface area contributed by atoms with Crippen LogP contribution in [0.3, 0.4) is 0 Å². The Kier molecular flexibility index (Phi) is 6.37. The van der Waals surface area contributed by atoms with Crippen LogP contribution in [0.25, 0.3) is 0 Å². The van der Waals surface area contributed by atoms with E-state index < -0.39 is 0 Å². The summed E-state index contributed by atoms with van der Waals surface area (Å²) in [5.41, 5.74) is 6.68. The largest absolute Gasteiger partial charge is 0.492 e. The molecule has 0 heterocycles. The lowest BCUT2D eigenvalue weighted by Crippen LogP contribution is -2.23. The zero-order valence-corrected chi connectivity index (χ0v) is 13.7. The monoisotopic (exact) mass is 319 g/mol. The van der Waals surface area contributed by atoms with E-state index in [4.69, 9.17) is 45.9 Å². The lowest BCUT2D eigenvalue weighted by Gasteiger charge is -2.23. The van der Waals surface area contributed by atoms with Gasteiger partial charge in [0.2, 0.25) is 0 Å². The summed E-state index contributed by atoms with van der Waals surface area (Å²) >= 11 is 17.4. The van der Waals surface area contributed by atoms with Crippen LogP contribution < -0.4 is 10.5 Å². The molecular weight excluding hydrogens is 301 g/mol. The summed E-state index contributed by atoms with van der Waals surface area (Å²) in [6.45, 7) is 6.70.